The van der Waals surface area contributed by atoms with Crippen LogP contribution >= 0.6 is 0 Å². The van der Waals surface area contributed by atoms with Crippen LogP contribution in [0.3, 0.4) is 0 Å². The predicted molar refractivity (Wildman–Crippen MR) is 189 cm³/mol. The molecule has 0 saturated heterocycles. The Morgan fingerprint density at radius 2 is 1.20 bits per heavy atom. The number of carbonyl (C=O) groups excluding carboxylic acids is 4. The van der Waals surface area contributed by atoms with Gasteiger partial charge in [-0.25, -0.2) is 9.59 Å². The summed E-state index contributed by atoms with van der Waals surface area (Å²) < 4.78 is 23.1. The highest BCUT2D eigenvalue weighted by atomic mass is 16.6. The van der Waals surface area contributed by atoms with E-state index in [0.717, 1.165) is 0 Å². The molecular weight excluding hydrogens is 640 g/mol. The number of ether oxygens (including phenoxy) is 4. The Labute approximate surface area is 292 Å². The van der Waals surface area contributed by atoms with E-state index in [2.05, 4.69) is 16.0 Å². The van der Waals surface area contributed by atoms with Gasteiger partial charge < -0.3 is 40.6 Å². The topological polar surface area (TPSA) is 167 Å². The van der Waals surface area contributed by atoms with Crippen LogP contribution < -0.4 is 31.2 Å². The number of benzene rings is 3. The van der Waals surface area contributed by atoms with E-state index in [1.807, 2.05) is 0 Å². The van der Waals surface area contributed by atoms with E-state index in [1.165, 1.54) is 0 Å². The molecule has 0 aromatic heterocycles. The van der Waals surface area contributed by atoms with Gasteiger partial charge >= 0.3 is 11.9 Å². The average Bonchev–Trinajstić information content (AvgIpc) is 3.00. The third kappa shape index (κ3) is 7.70. The van der Waals surface area contributed by atoms with Crippen LogP contribution in [0.4, 0.5) is 17.1 Å². The first-order valence-electron chi connectivity index (χ1n) is 16.5. The molecular formula is C38H46N4O8. The molecule has 12 heteroatoms. The van der Waals surface area contributed by atoms with Crippen LogP contribution in [-0.4, -0.2) is 47.2 Å². The monoisotopic (exact) mass is 686 g/mol. The van der Waals surface area contributed by atoms with Gasteiger partial charge in [-0.15, -0.1) is 0 Å². The molecule has 0 spiro atoms. The second-order valence-electron chi connectivity index (χ2n) is 15.0. The van der Waals surface area contributed by atoms with E-state index in [0.29, 0.717) is 45.3 Å². The van der Waals surface area contributed by atoms with Crippen LogP contribution in [0.2, 0.25) is 0 Å². The first-order chi connectivity index (χ1) is 23.2. The Kier molecular flexibility index (Phi) is 9.39. The smallest absolute Gasteiger partial charge is 0.336 e. The largest absolute Gasteiger partial charge is 0.479 e. The molecule has 5 rings (SSSR count). The summed E-state index contributed by atoms with van der Waals surface area (Å²) in [5.41, 5.74) is 5.42. The minimum Gasteiger partial charge on any atom is -0.479 e. The van der Waals surface area contributed by atoms with Crippen molar-refractivity contribution in [3.8, 4) is 11.5 Å². The molecule has 3 aromatic carbocycles. The van der Waals surface area contributed by atoms with Crippen LogP contribution in [0.5, 0.6) is 11.5 Å². The summed E-state index contributed by atoms with van der Waals surface area (Å²) in [5.74, 6) is -0.776. The Morgan fingerprint density at radius 1 is 0.720 bits per heavy atom. The molecule has 0 fully saturated rings. The zero-order valence-corrected chi connectivity index (χ0v) is 30.0. The Hall–Kier alpha value is -5.10. The minimum absolute atomic E-state index is 0.0334. The first-order valence-corrected chi connectivity index (χ1v) is 16.5. The summed E-state index contributed by atoms with van der Waals surface area (Å²) in [5, 5.41) is 8.96. The molecule has 2 aliphatic heterocycles. The molecule has 4 atom stereocenters. The van der Waals surface area contributed by atoms with Gasteiger partial charge in [-0.3, -0.25) is 9.59 Å². The van der Waals surface area contributed by atoms with Crippen molar-refractivity contribution < 1.29 is 38.1 Å². The number of amides is 2. The van der Waals surface area contributed by atoms with E-state index in [-0.39, 0.29) is 18.2 Å². The van der Waals surface area contributed by atoms with Crippen molar-refractivity contribution in [3.05, 3.63) is 77.4 Å². The second kappa shape index (κ2) is 13.0. The Morgan fingerprint density at radius 3 is 1.74 bits per heavy atom. The predicted octanol–water partition coefficient (Wildman–Crippen LogP) is 5.53. The van der Waals surface area contributed by atoms with E-state index >= 15 is 0 Å². The Bertz CT molecular complexity index is 1830. The van der Waals surface area contributed by atoms with Crippen LogP contribution in [0.1, 0.15) is 79.0 Å². The van der Waals surface area contributed by atoms with Gasteiger partial charge in [-0.2, -0.15) is 0 Å². The van der Waals surface area contributed by atoms with Gasteiger partial charge in [0, 0.05) is 12.1 Å². The van der Waals surface area contributed by atoms with Gasteiger partial charge in [-0.1, -0.05) is 30.3 Å². The number of hydrogen-bond acceptors (Lipinski definition) is 10. The third-order valence-corrected chi connectivity index (χ3v) is 8.31. The molecule has 12 nitrogen and oxygen atoms in total. The summed E-state index contributed by atoms with van der Waals surface area (Å²) in [6, 6.07) is 17.3. The standard InChI is InChI=1S/C38H46N4O8/c1-21-31(43)40-27-18-25(14-16-29(27)47-21)38(39,34(46)50-36(6,7)8)20-23-10-12-24(13-11-23)37(9,33(45)49-35(3,4)5)42-26-15-17-30-28(19-26)41-32(44)22(2)48-30/h10-19,21-22,42H,20,39H2,1-9H3,(H,40,43)(H,41,44). The number of rotatable bonds is 8. The molecule has 5 N–H and O–H groups in total. The quantitative estimate of drug-likeness (QED) is 0.221. The second-order valence-corrected chi connectivity index (χ2v) is 15.0. The molecule has 0 saturated carbocycles. The number of fused-ring (bicyclic) bond motifs is 2. The molecule has 50 heavy (non-hydrogen) atoms. The number of nitrogens with two attached hydrogens (primary N) is 1. The molecule has 3 aromatic rings. The number of hydrogen-bond donors (Lipinski definition) is 4. The zero-order valence-electron chi connectivity index (χ0n) is 30.0. The van der Waals surface area contributed by atoms with Crippen molar-refractivity contribution in [2.45, 2.75) is 103 Å². The van der Waals surface area contributed by atoms with E-state index in [1.54, 1.807) is 123 Å². The van der Waals surface area contributed by atoms with Crippen molar-refractivity contribution in [1.82, 2.24) is 0 Å². The van der Waals surface area contributed by atoms with Crippen LogP contribution in [0.15, 0.2) is 60.7 Å². The average molecular weight is 687 g/mol. The number of esters is 2. The van der Waals surface area contributed by atoms with Gasteiger partial charge in [0.1, 0.15) is 28.2 Å². The maximum absolute atomic E-state index is 13.9. The molecule has 4 unspecified atom stereocenters. The zero-order chi connectivity index (χ0) is 36.8. The van der Waals surface area contributed by atoms with E-state index in [4.69, 9.17) is 24.7 Å². The maximum Gasteiger partial charge on any atom is 0.336 e. The fraction of sp³-hybridized carbons (Fsp3) is 0.421. The molecule has 0 radical (unpaired) electrons. The molecule has 2 amide bonds. The maximum atomic E-state index is 13.9. The SMILES string of the molecule is CC1Oc2ccc(NC(C)(C(=O)OC(C)(C)C)c3ccc(CC(N)(C(=O)OC(C)(C)C)c4ccc5c(c4)NC(=O)C(C)O5)cc3)cc2NC1=O. The van der Waals surface area contributed by atoms with E-state index < -0.39 is 46.4 Å². The fourth-order valence-corrected chi connectivity index (χ4v) is 5.62. The molecule has 2 aliphatic rings. The summed E-state index contributed by atoms with van der Waals surface area (Å²) in [6.45, 7) is 15.7. The van der Waals surface area contributed by atoms with Gasteiger partial charge in [0.15, 0.2) is 17.7 Å². The minimum atomic E-state index is -1.66. The van der Waals surface area contributed by atoms with Crippen molar-refractivity contribution in [2.75, 3.05) is 16.0 Å². The number of anilines is 3. The van der Waals surface area contributed by atoms with Crippen LogP contribution in [0.25, 0.3) is 0 Å². The molecule has 0 bridgehead atoms. The molecule has 266 valence electrons. The highest BCUT2D eigenvalue weighted by molar-refractivity contribution is 5.99. The lowest BCUT2D eigenvalue weighted by Crippen LogP contribution is -2.50. The van der Waals surface area contributed by atoms with Crippen molar-refractivity contribution in [3.63, 3.8) is 0 Å². The lowest BCUT2D eigenvalue weighted by molar-refractivity contribution is -0.162. The van der Waals surface area contributed by atoms with Gasteiger partial charge in [0.05, 0.1) is 11.4 Å². The lowest BCUT2D eigenvalue weighted by Gasteiger charge is -2.34. The normalized spacial score (nSPS) is 19.5. The van der Waals surface area contributed by atoms with E-state index in [9.17, 15) is 19.2 Å². The first kappa shape index (κ1) is 36.2. The highest BCUT2D eigenvalue weighted by Gasteiger charge is 2.43. The number of carbonyl (C=O) groups is 4. The summed E-state index contributed by atoms with van der Waals surface area (Å²) in [6.07, 6.45) is -1.25. The van der Waals surface area contributed by atoms with Crippen molar-refractivity contribution in [1.29, 1.82) is 0 Å². The summed E-state index contributed by atoms with van der Waals surface area (Å²) in [7, 11) is 0. The Balaban J connectivity index is 1.49. The van der Waals surface area contributed by atoms with Crippen LogP contribution in [0, 0.1) is 0 Å². The van der Waals surface area contributed by atoms with Gasteiger partial charge in [-0.05, 0) is 109 Å². The lowest BCUT2D eigenvalue weighted by atomic mass is 9.83. The fourth-order valence-electron chi connectivity index (χ4n) is 5.62. The summed E-state index contributed by atoms with van der Waals surface area (Å²) in [4.78, 5) is 52.3. The number of nitrogens with one attached hydrogen (secondary N) is 3. The third-order valence-electron chi connectivity index (χ3n) is 8.31. The van der Waals surface area contributed by atoms with Gasteiger partial charge in [0.2, 0.25) is 0 Å². The van der Waals surface area contributed by atoms with Crippen molar-refractivity contribution >= 4 is 40.8 Å². The molecule has 2 heterocycles. The summed E-state index contributed by atoms with van der Waals surface area (Å²) >= 11 is 0. The molecule has 0 aliphatic carbocycles. The highest BCUT2D eigenvalue weighted by Crippen LogP contribution is 2.38. The van der Waals surface area contributed by atoms with Crippen molar-refractivity contribution in [2.24, 2.45) is 5.73 Å². The van der Waals surface area contributed by atoms with Gasteiger partial charge in [0.25, 0.3) is 11.8 Å². The van der Waals surface area contributed by atoms with Crippen LogP contribution in [-0.2, 0) is 46.2 Å².